The van der Waals surface area contributed by atoms with Crippen LogP contribution in [0.2, 0.25) is 0 Å². The van der Waals surface area contributed by atoms with Crippen molar-refractivity contribution in [2.75, 3.05) is 0 Å². The first-order chi connectivity index (χ1) is 7.19. The van der Waals surface area contributed by atoms with Crippen LogP contribution < -0.4 is 0 Å². The molecule has 0 atom stereocenters. The number of allylic oxidation sites excluding steroid dienone is 1. The lowest BCUT2D eigenvalue weighted by molar-refractivity contribution is 0.864. The van der Waals surface area contributed by atoms with Gasteiger partial charge in [-0.2, -0.15) is 10.5 Å². The molecule has 0 unspecified atom stereocenters. The zero-order chi connectivity index (χ0) is 11.3. The van der Waals surface area contributed by atoms with Crippen LogP contribution in [-0.2, 0) is 0 Å². The summed E-state index contributed by atoms with van der Waals surface area (Å²) in [7, 11) is 0. The molecule has 2 nitrogen and oxygen atoms in total. The third-order valence-corrected chi connectivity index (χ3v) is 2.16. The van der Waals surface area contributed by atoms with Gasteiger partial charge >= 0.3 is 0 Å². The SMILES string of the molecule is CC(C)c1ccccc1C=C(C#N)C#N. The summed E-state index contributed by atoms with van der Waals surface area (Å²) in [6.45, 7) is 4.18. The van der Waals surface area contributed by atoms with Crippen molar-refractivity contribution in [3.63, 3.8) is 0 Å². The highest BCUT2D eigenvalue weighted by atomic mass is 14.3. The molecule has 0 amide bonds. The third kappa shape index (κ3) is 2.69. The standard InChI is InChI=1S/C13H12N2/c1-10(2)13-6-4-3-5-12(13)7-11(8-14)9-15/h3-7,10H,1-2H3. The molecule has 0 saturated heterocycles. The van der Waals surface area contributed by atoms with Gasteiger partial charge in [0.05, 0.1) is 0 Å². The van der Waals surface area contributed by atoms with E-state index in [1.165, 1.54) is 0 Å². The molecule has 0 aliphatic heterocycles. The first kappa shape index (κ1) is 11.0. The summed E-state index contributed by atoms with van der Waals surface area (Å²) in [5.74, 6) is 0.385. The predicted molar refractivity (Wildman–Crippen MR) is 59.7 cm³/mol. The van der Waals surface area contributed by atoms with E-state index < -0.39 is 0 Å². The van der Waals surface area contributed by atoms with Gasteiger partial charge in [-0.3, -0.25) is 0 Å². The molecule has 0 spiro atoms. The van der Waals surface area contributed by atoms with Crippen LogP contribution in [0.4, 0.5) is 0 Å². The van der Waals surface area contributed by atoms with Gasteiger partial charge in [-0.15, -0.1) is 0 Å². The summed E-state index contributed by atoms with van der Waals surface area (Å²) >= 11 is 0. The van der Waals surface area contributed by atoms with E-state index in [1.807, 2.05) is 36.4 Å². The normalized spacial score (nSPS) is 9.13. The minimum atomic E-state index is 0.142. The van der Waals surface area contributed by atoms with Gasteiger partial charge in [-0.1, -0.05) is 38.1 Å². The van der Waals surface area contributed by atoms with E-state index >= 15 is 0 Å². The Morgan fingerprint density at radius 3 is 2.33 bits per heavy atom. The van der Waals surface area contributed by atoms with Crippen LogP contribution in [0.3, 0.4) is 0 Å². The monoisotopic (exact) mass is 196 g/mol. The van der Waals surface area contributed by atoms with Gasteiger partial charge in [0, 0.05) is 0 Å². The zero-order valence-electron chi connectivity index (χ0n) is 8.86. The highest BCUT2D eigenvalue weighted by molar-refractivity contribution is 5.64. The molecule has 0 aromatic heterocycles. The molecule has 0 aliphatic carbocycles. The molecule has 15 heavy (non-hydrogen) atoms. The molecule has 0 N–H and O–H groups in total. The number of hydrogen-bond donors (Lipinski definition) is 0. The number of nitrogens with zero attached hydrogens (tertiary/aromatic N) is 2. The second kappa shape index (κ2) is 4.98. The van der Waals surface area contributed by atoms with Crippen molar-refractivity contribution in [1.82, 2.24) is 0 Å². The number of benzene rings is 1. The minimum absolute atomic E-state index is 0.142. The maximum absolute atomic E-state index is 8.68. The topological polar surface area (TPSA) is 47.6 Å². The summed E-state index contributed by atoms with van der Waals surface area (Å²) in [5, 5.41) is 17.4. The van der Waals surface area contributed by atoms with Gasteiger partial charge < -0.3 is 0 Å². The van der Waals surface area contributed by atoms with Crippen LogP contribution in [0.25, 0.3) is 6.08 Å². The van der Waals surface area contributed by atoms with E-state index in [2.05, 4.69) is 13.8 Å². The van der Waals surface area contributed by atoms with Crippen LogP contribution in [0.15, 0.2) is 29.8 Å². The fourth-order valence-corrected chi connectivity index (χ4v) is 1.41. The van der Waals surface area contributed by atoms with E-state index in [0.717, 1.165) is 11.1 Å². The molecule has 0 aliphatic rings. The molecule has 1 aromatic carbocycles. The van der Waals surface area contributed by atoms with Crippen LogP contribution in [0, 0.1) is 22.7 Å². The average Bonchev–Trinajstić information content (AvgIpc) is 2.26. The number of rotatable bonds is 2. The lowest BCUT2D eigenvalue weighted by atomic mass is 9.96. The highest BCUT2D eigenvalue weighted by Crippen LogP contribution is 2.21. The Bertz CT molecular complexity index is 440. The molecule has 74 valence electrons. The Morgan fingerprint density at radius 1 is 1.20 bits per heavy atom. The molecule has 1 aromatic rings. The highest BCUT2D eigenvalue weighted by Gasteiger charge is 2.04. The van der Waals surface area contributed by atoms with Gasteiger partial charge in [-0.25, -0.2) is 0 Å². The van der Waals surface area contributed by atoms with Crippen LogP contribution in [0.1, 0.15) is 30.9 Å². The maximum atomic E-state index is 8.68. The molecular formula is C13H12N2. The first-order valence-corrected chi connectivity index (χ1v) is 4.80. The van der Waals surface area contributed by atoms with Crippen molar-refractivity contribution in [2.24, 2.45) is 0 Å². The van der Waals surface area contributed by atoms with Gasteiger partial charge in [-0.05, 0) is 23.1 Å². The lowest BCUT2D eigenvalue weighted by Crippen LogP contribution is -1.91. The summed E-state index contributed by atoms with van der Waals surface area (Å²) < 4.78 is 0. The quantitative estimate of drug-likeness (QED) is 0.682. The number of hydrogen-bond acceptors (Lipinski definition) is 2. The van der Waals surface area contributed by atoms with Gasteiger partial charge in [0.25, 0.3) is 0 Å². The Morgan fingerprint density at radius 2 is 1.80 bits per heavy atom. The average molecular weight is 196 g/mol. The fraction of sp³-hybridized carbons (Fsp3) is 0.231. The van der Waals surface area contributed by atoms with Crippen molar-refractivity contribution >= 4 is 6.08 Å². The van der Waals surface area contributed by atoms with E-state index in [-0.39, 0.29) is 5.57 Å². The maximum Gasteiger partial charge on any atom is 0.130 e. The molecule has 0 saturated carbocycles. The molecule has 0 fully saturated rings. The first-order valence-electron chi connectivity index (χ1n) is 4.80. The zero-order valence-corrected chi connectivity index (χ0v) is 8.86. The Balaban J connectivity index is 3.23. The van der Waals surface area contributed by atoms with Gasteiger partial charge in [0.1, 0.15) is 17.7 Å². The second-order valence-corrected chi connectivity index (χ2v) is 3.57. The fourth-order valence-electron chi connectivity index (χ4n) is 1.41. The van der Waals surface area contributed by atoms with Gasteiger partial charge in [0.2, 0.25) is 0 Å². The summed E-state index contributed by atoms with van der Waals surface area (Å²) in [6.07, 6.45) is 1.63. The lowest BCUT2D eigenvalue weighted by Gasteiger charge is -2.08. The Hall–Kier alpha value is -2.06. The van der Waals surface area contributed by atoms with Crippen LogP contribution in [0.5, 0.6) is 0 Å². The van der Waals surface area contributed by atoms with Crippen LogP contribution >= 0.6 is 0 Å². The van der Waals surface area contributed by atoms with E-state index in [9.17, 15) is 0 Å². The molecule has 0 bridgehead atoms. The predicted octanol–water partition coefficient (Wildman–Crippen LogP) is 3.24. The van der Waals surface area contributed by atoms with Gasteiger partial charge in [0.15, 0.2) is 0 Å². The third-order valence-electron chi connectivity index (χ3n) is 2.16. The van der Waals surface area contributed by atoms with E-state index in [1.54, 1.807) is 6.08 Å². The second-order valence-electron chi connectivity index (χ2n) is 3.57. The van der Waals surface area contributed by atoms with Crippen LogP contribution in [-0.4, -0.2) is 0 Å². The molecule has 0 heterocycles. The van der Waals surface area contributed by atoms with Crippen molar-refractivity contribution in [3.05, 3.63) is 41.0 Å². The van der Waals surface area contributed by atoms with E-state index in [4.69, 9.17) is 10.5 Å². The Kier molecular flexibility index (Phi) is 3.66. The molecular weight excluding hydrogens is 184 g/mol. The van der Waals surface area contributed by atoms with Crippen molar-refractivity contribution < 1.29 is 0 Å². The summed E-state index contributed by atoms with van der Waals surface area (Å²) in [4.78, 5) is 0. The summed E-state index contributed by atoms with van der Waals surface area (Å²) in [5.41, 5.74) is 2.24. The van der Waals surface area contributed by atoms with Crippen molar-refractivity contribution in [3.8, 4) is 12.1 Å². The van der Waals surface area contributed by atoms with E-state index in [0.29, 0.717) is 5.92 Å². The smallest absolute Gasteiger partial charge is 0.130 e. The van der Waals surface area contributed by atoms with Crippen molar-refractivity contribution in [2.45, 2.75) is 19.8 Å². The van der Waals surface area contributed by atoms with Crippen molar-refractivity contribution in [1.29, 1.82) is 10.5 Å². The summed E-state index contributed by atoms with van der Waals surface area (Å²) in [6, 6.07) is 11.5. The molecule has 1 rings (SSSR count). The largest absolute Gasteiger partial charge is 0.192 e. The molecule has 2 heteroatoms. The molecule has 0 radical (unpaired) electrons. The Labute approximate surface area is 90.1 Å². The number of nitriles is 2. The minimum Gasteiger partial charge on any atom is -0.192 e.